The van der Waals surface area contributed by atoms with Gasteiger partial charge in [0.25, 0.3) is 0 Å². The number of rotatable bonds is 3. The van der Waals surface area contributed by atoms with Crippen LogP contribution in [0.5, 0.6) is 11.7 Å². The number of hydrogen-bond acceptors (Lipinski definition) is 4. The zero-order chi connectivity index (χ0) is 30.3. The van der Waals surface area contributed by atoms with Crippen molar-refractivity contribution in [2.45, 2.75) is 26.2 Å². The van der Waals surface area contributed by atoms with Crippen molar-refractivity contribution in [3.63, 3.8) is 0 Å². The number of pyridine rings is 1. The average Bonchev–Trinajstić information content (AvgIpc) is 3.72. The summed E-state index contributed by atoms with van der Waals surface area (Å²) in [6.07, 6.45) is 8.99. The summed E-state index contributed by atoms with van der Waals surface area (Å²) >= 11 is 0. The summed E-state index contributed by atoms with van der Waals surface area (Å²) in [5.74, 6) is 2.23. The van der Waals surface area contributed by atoms with Gasteiger partial charge < -0.3 is 22.5 Å². The predicted octanol–water partition coefficient (Wildman–Crippen LogP) is 9.23. The molecule has 0 fully saturated rings. The Hall–Kier alpha value is -5.13. The fourth-order valence-electron chi connectivity index (χ4n) is 6.35. The minimum Gasteiger partial charge on any atom is -0.462 e. The zero-order valence-electron chi connectivity index (χ0n) is 25.3. The molecule has 7 nitrogen and oxygen atoms in total. The van der Waals surface area contributed by atoms with Crippen LogP contribution in [0.4, 0.5) is 0 Å². The van der Waals surface area contributed by atoms with Gasteiger partial charge in [0.2, 0.25) is 5.95 Å². The monoisotopic (exact) mass is 780 g/mol. The van der Waals surface area contributed by atoms with E-state index in [1.807, 2.05) is 51.5 Å². The van der Waals surface area contributed by atoms with Gasteiger partial charge in [0.05, 0.1) is 0 Å². The SMILES string of the molecule is CC(C)(C)c1ccnc(-n2c3[c-]c(Oc4[c-]n5c6c(cccc6n6ccnc56)c5ccccc5o4)ccc3c3ccccc32)c1.[Pt+2]. The Morgan fingerprint density at radius 3 is 2.41 bits per heavy atom. The molecule has 4 aromatic carbocycles. The molecule has 0 radical (unpaired) electrons. The van der Waals surface area contributed by atoms with Gasteiger partial charge in [-0.2, -0.15) is 6.07 Å². The number of hydrogen-bond donors (Lipinski definition) is 0. The molecule has 0 amide bonds. The maximum absolute atomic E-state index is 6.50. The molecule has 0 saturated heterocycles. The van der Waals surface area contributed by atoms with Gasteiger partial charge in [-0.1, -0.05) is 74.8 Å². The Balaban J connectivity index is 0.00000312. The van der Waals surface area contributed by atoms with E-state index < -0.39 is 0 Å². The van der Waals surface area contributed by atoms with Crippen LogP contribution in [0.2, 0.25) is 0 Å². The first-order chi connectivity index (χ1) is 21.9. The second-order valence-corrected chi connectivity index (χ2v) is 12.3. The molecule has 9 rings (SSSR count). The largest absolute Gasteiger partial charge is 2.00 e. The molecule has 9 aromatic rings. The number of fused-ring (bicyclic) bond motifs is 8. The first-order valence-electron chi connectivity index (χ1n) is 14.9. The minimum atomic E-state index is -0.0225. The van der Waals surface area contributed by atoms with Crippen LogP contribution in [0.15, 0.2) is 114 Å². The van der Waals surface area contributed by atoms with E-state index in [9.17, 15) is 0 Å². The maximum Gasteiger partial charge on any atom is 2.00 e. The molecule has 226 valence electrons. The topological polar surface area (TPSA) is 61.9 Å². The molecule has 0 aliphatic rings. The van der Waals surface area contributed by atoms with Crippen molar-refractivity contribution in [3.8, 4) is 17.5 Å². The van der Waals surface area contributed by atoms with Crippen molar-refractivity contribution in [1.82, 2.24) is 23.3 Å². The summed E-state index contributed by atoms with van der Waals surface area (Å²) in [4.78, 5) is 9.42. The van der Waals surface area contributed by atoms with Gasteiger partial charge in [0, 0.05) is 40.8 Å². The zero-order valence-corrected chi connectivity index (χ0v) is 27.5. The Kier molecular flexibility index (Phi) is 6.45. The van der Waals surface area contributed by atoms with Crippen LogP contribution >= 0.6 is 0 Å². The van der Waals surface area contributed by atoms with E-state index in [4.69, 9.17) is 14.1 Å². The van der Waals surface area contributed by atoms with Gasteiger partial charge in [0.1, 0.15) is 17.2 Å². The Bertz CT molecular complexity index is 2630. The van der Waals surface area contributed by atoms with Crippen molar-refractivity contribution in [1.29, 1.82) is 0 Å². The molecular formula is C38H27N5O2Pt. The van der Waals surface area contributed by atoms with Crippen LogP contribution in [-0.4, -0.2) is 23.3 Å². The molecule has 0 bridgehead atoms. The Morgan fingerprint density at radius 2 is 1.54 bits per heavy atom. The number of imidazole rings is 2. The van der Waals surface area contributed by atoms with Gasteiger partial charge >= 0.3 is 21.1 Å². The van der Waals surface area contributed by atoms with Crippen LogP contribution < -0.4 is 4.74 Å². The summed E-state index contributed by atoms with van der Waals surface area (Å²) < 4.78 is 19.1. The number of para-hydroxylation sites is 3. The van der Waals surface area contributed by atoms with Crippen LogP contribution in [0.3, 0.4) is 0 Å². The normalized spacial score (nSPS) is 12.1. The van der Waals surface area contributed by atoms with Gasteiger partial charge in [-0.3, -0.25) is 4.98 Å². The fourth-order valence-corrected chi connectivity index (χ4v) is 6.35. The standard InChI is InChI=1S/C38H27N5O2.Pt/c1-38(2,3)24-17-18-39-34(21-24)43-30-12-6-4-9-26(30)27-16-15-25(22-32(27)43)44-35-23-42-36-29(28-10-5-7-14-33(28)45-35)11-8-13-31(36)41-20-19-40-37(41)42;/h4-21H,1-3H3;/q-2;+2. The first-order valence-corrected chi connectivity index (χ1v) is 14.9. The summed E-state index contributed by atoms with van der Waals surface area (Å²) in [5, 5.41) is 4.16. The Morgan fingerprint density at radius 1 is 0.761 bits per heavy atom. The molecule has 0 N–H and O–H groups in total. The summed E-state index contributed by atoms with van der Waals surface area (Å²) in [6, 6.07) is 34.3. The Labute approximate surface area is 278 Å². The van der Waals surface area contributed by atoms with Gasteiger partial charge in [0.15, 0.2) is 0 Å². The molecule has 46 heavy (non-hydrogen) atoms. The second-order valence-electron chi connectivity index (χ2n) is 12.3. The van der Waals surface area contributed by atoms with E-state index in [1.54, 1.807) is 6.20 Å². The van der Waals surface area contributed by atoms with Gasteiger partial charge in [-0.05, 0) is 63.8 Å². The summed E-state index contributed by atoms with van der Waals surface area (Å²) in [6.45, 7) is 6.63. The molecule has 5 heterocycles. The second kappa shape index (κ2) is 10.5. The van der Waals surface area contributed by atoms with Crippen molar-refractivity contribution >= 4 is 55.0 Å². The van der Waals surface area contributed by atoms with Crippen LogP contribution in [0, 0.1) is 12.3 Å². The van der Waals surface area contributed by atoms with Gasteiger partial charge in [-0.15, -0.1) is 17.5 Å². The van der Waals surface area contributed by atoms with Crippen molar-refractivity contribution in [2.24, 2.45) is 0 Å². The predicted molar refractivity (Wildman–Crippen MR) is 177 cm³/mol. The van der Waals surface area contributed by atoms with Crippen LogP contribution in [0.25, 0.3) is 60.8 Å². The molecule has 0 unspecified atom stereocenters. The van der Waals surface area contributed by atoms with E-state index in [-0.39, 0.29) is 32.4 Å². The van der Waals surface area contributed by atoms with Crippen LogP contribution in [-0.2, 0) is 26.5 Å². The summed E-state index contributed by atoms with van der Waals surface area (Å²) in [7, 11) is 0. The molecule has 0 atom stereocenters. The smallest absolute Gasteiger partial charge is 0.462 e. The number of benzene rings is 4. The van der Waals surface area contributed by atoms with E-state index in [0.29, 0.717) is 17.1 Å². The third kappa shape index (κ3) is 4.30. The quantitative estimate of drug-likeness (QED) is 0.168. The number of ether oxygens (including phenoxy) is 1. The van der Waals surface area contributed by atoms with Crippen molar-refractivity contribution in [3.05, 3.63) is 127 Å². The van der Waals surface area contributed by atoms with Crippen molar-refractivity contribution in [2.75, 3.05) is 0 Å². The van der Waals surface area contributed by atoms with Crippen LogP contribution in [0.1, 0.15) is 26.3 Å². The third-order valence-corrected chi connectivity index (χ3v) is 8.50. The number of nitrogens with zero attached hydrogens (tertiary/aromatic N) is 5. The third-order valence-electron chi connectivity index (χ3n) is 8.50. The fraction of sp³-hybridized carbons (Fsp3) is 0.105. The molecular weight excluding hydrogens is 754 g/mol. The van der Waals surface area contributed by atoms with E-state index in [2.05, 4.69) is 103 Å². The molecule has 8 heteroatoms. The molecule has 0 saturated carbocycles. The van der Waals surface area contributed by atoms with Gasteiger partial charge in [-0.25, -0.2) is 4.98 Å². The van der Waals surface area contributed by atoms with E-state index in [1.165, 1.54) is 5.56 Å². The molecule has 5 aromatic heterocycles. The molecule has 0 aliphatic heterocycles. The van der Waals surface area contributed by atoms with E-state index >= 15 is 0 Å². The summed E-state index contributed by atoms with van der Waals surface area (Å²) in [5.41, 5.74) is 5.77. The minimum absolute atomic E-state index is 0. The van der Waals surface area contributed by atoms with Crippen molar-refractivity contribution < 1.29 is 30.2 Å². The molecule has 0 aliphatic carbocycles. The average molecular weight is 781 g/mol. The number of aromatic nitrogens is 5. The molecule has 0 spiro atoms. The first kappa shape index (κ1) is 28.3. The van der Waals surface area contributed by atoms with E-state index in [0.717, 1.165) is 49.4 Å². The maximum atomic E-state index is 6.50.